The highest BCUT2D eigenvalue weighted by molar-refractivity contribution is 5.98. The fraction of sp³-hybridized carbons (Fsp3) is 0.438. The minimum absolute atomic E-state index is 0.0549. The van der Waals surface area contributed by atoms with Gasteiger partial charge in [0.25, 0.3) is 5.91 Å². The van der Waals surface area contributed by atoms with E-state index in [1.807, 2.05) is 36.2 Å². The summed E-state index contributed by atoms with van der Waals surface area (Å²) < 4.78 is 0. The quantitative estimate of drug-likeness (QED) is 0.829. The largest absolute Gasteiger partial charge is 0.399 e. The summed E-state index contributed by atoms with van der Waals surface area (Å²) in [7, 11) is 4.03. The Hall–Kier alpha value is -2.01. The van der Waals surface area contributed by atoms with E-state index in [0.717, 1.165) is 36.8 Å². The van der Waals surface area contributed by atoms with Gasteiger partial charge in [-0.2, -0.15) is 0 Å². The van der Waals surface area contributed by atoms with Gasteiger partial charge in [-0.05, 0) is 57.2 Å². The molecule has 2 heterocycles. The van der Waals surface area contributed by atoms with Crippen molar-refractivity contribution in [2.45, 2.75) is 18.9 Å². The highest BCUT2D eigenvalue weighted by atomic mass is 16.2. The first-order valence-corrected chi connectivity index (χ1v) is 7.38. The molecular weight excluding hydrogens is 264 g/mol. The molecule has 1 aliphatic heterocycles. The van der Waals surface area contributed by atoms with Crippen LogP contribution in [0.4, 0.5) is 5.69 Å². The number of benzene rings is 1. The molecule has 3 rings (SSSR count). The van der Waals surface area contributed by atoms with Gasteiger partial charge in [-0.1, -0.05) is 0 Å². The molecule has 1 aromatic carbocycles. The summed E-state index contributed by atoms with van der Waals surface area (Å²) in [6.07, 6.45) is 2.07. The Labute approximate surface area is 124 Å². The zero-order chi connectivity index (χ0) is 15.0. The van der Waals surface area contributed by atoms with Gasteiger partial charge in [0.05, 0.1) is 0 Å². The van der Waals surface area contributed by atoms with E-state index in [1.165, 1.54) is 0 Å². The van der Waals surface area contributed by atoms with Crippen LogP contribution in [-0.4, -0.2) is 53.9 Å². The predicted molar refractivity (Wildman–Crippen MR) is 85.3 cm³/mol. The number of aromatic nitrogens is 1. The van der Waals surface area contributed by atoms with Crippen LogP contribution in [0, 0.1) is 0 Å². The van der Waals surface area contributed by atoms with Gasteiger partial charge >= 0.3 is 0 Å². The number of hydrogen-bond donors (Lipinski definition) is 2. The lowest BCUT2D eigenvalue weighted by atomic mass is 10.0. The molecule has 3 N–H and O–H groups in total. The first-order chi connectivity index (χ1) is 10.0. The van der Waals surface area contributed by atoms with Crippen LogP contribution >= 0.6 is 0 Å². The van der Waals surface area contributed by atoms with Crippen LogP contribution in [0.3, 0.4) is 0 Å². The van der Waals surface area contributed by atoms with Crippen molar-refractivity contribution in [3.63, 3.8) is 0 Å². The molecule has 0 atom stereocenters. The molecule has 0 unspecified atom stereocenters. The SMILES string of the molecule is CN1CCC(N(C)C(=O)c2cc3cc(N)ccc3[nH]2)CC1. The molecule has 0 saturated carbocycles. The van der Waals surface area contributed by atoms with Crippen molar-refractivity contribution in [2.24, 2.45) is 0 Å². The second-order valence-corrected chi connectivity index (χ2v) is 5.98. The van der Waals surface area contributed by atoms with E-state index in [2.05, 4.69) is 16.9 Å². The fourth-order valence-electron chi connectivity index (χ4n) is 3.00. The Bertz CT molecular complexity index is 655. The van der Waals surface area contributed by atoms with Gasteiger partial charge in [0, 0.05) is 29.7 Å². The van der Waals surface area contributed by atoms with Crippen molar-refractivity contribution in [1.82, 2.24) is 14.8 Å². The third-order valence-corrected chi connectivity index (χ3v) is 4.43. The average molecular weight is 286 g/mol. The summed E-state index contributed by atoms with van der Waals surface area (Å²) in [5, 5.41) is 0.982. The second-order valence-electron chi connectivity index (χ2n) is 5.98. The van der Waals surface area contributed by atoms with E-state index in [1.54, 1.807) is 0 Å². The van der Waals surface area contributed by atoms with Crippen LogP contribution in [-0.2, 0) is 0 Å². The van der Waals surface area contributed by atoms with Gasteiger partial charge in [-0.15, -0.1) is 0 Å². The first kappa shape index (κ1) is 13.9. The Morgan fingerprint density at radius 2 is 2.05 bits per heavy atom. The molecule has 0 aliphatic carbocycles. The fourth-order valence-corrected chi connectivity index (χ4v) is 3.00. The number of piperidine rings is 1. The molecular formula is C16H22N4O. The van der Waals surface area contributed by atoms with Gasteiger partial charge in [-0.25, -0.2) is 0 Å². The Kier molecular flexibility index (Phi) is 3.59. The zero-order valence-corrected chi connectivity index (χ0v) is 12.6. The lowest BCUT2D eigenvalue weighted by Gasteiger charge is -2.34. The number of carbonyl (C=O) groups excluding carboxylic acids is 1. The van der Waals surface area contributed by atoms with Crippen LogP contribution in [0.5, 0.6) is 0 Å². The monoisotopic (exact) mass is 286 g/mol. The van der Waals surface area contributed by atoms with Gasteiger partial charge in [-0.3, -0.25) is 4.79 Å². The molecule has 1 saturated heterocycles. The summed E-state index contributed by atoms with van der Waals surface area (Å²) in [5.41, 5.74) is 8.08. The smallest absolute Gasteiger partial charge is 0.270 e. The van der Waals surface area contributed by atoms with Gasteiger partial charge in [0.1, 0.15) is 5.69 Å². The van der Waals surface area contributed by atoms with E-state index in [9.17, 15) is 4.79 Å². The maximum Gasteiger partial charge on any atom is 0.270 e. The molecule has 112 valence electrons. The van der Waals surface area contributed by atoms with E-state index >= 15 is 0 Å². The summed E-state index contributed by atoms with van der Waals surface area (Å²) in [6.45, 7) is 2.09. The van der Waals surface area contributed by atoms with Crippen LogP contribution in [0.15, 0.2) is 24.3 Å². The van der Waals surface area contributed by atoms with Crippen molar-refractivity contribution in [3.05, 3.63) is 30.0 Å². The Balaban J connectivity index is 1.79. The van der Waals surface area contributed by atoms with Crippen LogP contribution < -0.4 is 5.73 Å². The molecule has 2 aromatic rings. The summed E-state index contributed by atoms with van der Waals surface area (Å²) in [4.78, 5) is 20.0. The first-order valence-electron chi connectivity index (χ1n) is 7.38. The number of fused-ring (bicyclic) bond motifs is 1. The molecule has 21 heavy (non-hydrogen) atoms. The summed E-state index contributed by atoms with van der Waals surface area (Å²) in [5.74, 6) is 0.0549. The highest BCUT2D eigenvalue weighted by Gasteiger charge is 2.25. The van der Waals surface area contributed by atoms with E-state index < -0.39 is 0 Å². The minimum atomic E-state index is 0.0549. The molecule has 1 amide bonds. The zero-order valence-electron chi connectivity index (χ0n) is 12.6. The van der Waals surface area contributed by atoms with Crippen molar-refractivity contribution in [1.29, 1.82) is 0 Å². The molecule has 0 bridgehead atoms. The summed E-state index contributed by atoms with van der Waals surface area (Å²) >= 11 is 0. The maximum atomic E-state index is 12.6. The van der Waals surface area contributed by atoms with E-state index in [4.69, 9.17) is 5.73 Å². The van der Waals surface area contributed by atoms with Gasteiger partial charge in [0.2, 0.25) is 0 Å². The summed E-state index contributed by atoms with van der Waals surface area (Å²) in [6, 6.07) is 7.85. The highest BCUT2D eigenvalue weighted by Crippen LogP contribution is 2.21. The molecule has 1 fully saturated rings. The molecule has 5 nitrogen and oxygen atoms in total. The normalized spacial score (nSPS) is 17.2. The maximum absolute atomic E-state index is 12.6. The number of nitrogens with two attached hydrogens (primary N) is 1. The van der Waals surface area contributed by atoms with Crippen molar-refractivity contribution in [2.75, 3.05) is 32.9 Å². The number of anilines is 1. The van der Waals surface area contributed by atoms with Crippen LogP contribution in [0.25, 0.3) is 10.9 Å². The number of hydrogen-bond acceptors (Lipinski definition) is 3. The van der Waals surface area contributed by atoms with Crippen LogP contribution in [0.2, 0.25) is 0 Å². The van der Waals surface area contributed by atoms with E-state index in [0.29, 0.717) is 17.4 Å². The standard InChI is InChI=1S/C16H22N4O/c1-19-7-5-13(6-8-19)20(2)16(21)15-10-11-9-12(17)3-4-14(11)18-15/h3-4,9-10,13,18H,5-8,17H2,1-2H3. The number of nitrogen functional groups attached to an aromatic ring is 1. The van der Waals surface area contributed by atoms with Gasteiger partial charge < -0.3 is 20.5 Å². The third-order valence-electron chi connectivity index (χ3n) is 4.43. The van der Waals surface area contributed by atoms with Crippen LogP contribution in [0.1, 0.15) is 23.3 Å². The molecule has 1 aromatic heterocycles. The van der Waals surface area contributed by atoms with Crippen molar-refractivity contribution in [3.8, 4) is 0 Å². The Morgan fingerprint density at radius 1 is 1.33 bits per heavy atom. The molecule has 0 spiro atoms. The lowest BCUT2D eigenvalue weighted by Crippen LogP contribution is -2.44. The Morgan fingerprint density at radius 3 is 2.76 bits per heavy atom. The van der Waals surface area contributed by atoms with E-state index in [-0.39, 0.29) is 5.91 Å². The predicted octanol–water partition coefficient (Wildman–Crippen LogP) is 1.92. The number of nitrogens with zero attached hydrogens (tertiary/aromatic N) is 2. The number of rotatable bonds is 2. The number of likely N-dealkylation sites (tertiary alicyclic amines) is 1. The lowest BCUT2D eigenvalue weighted by molar-refractivity contribution is 0.0655. The number of H-pyrrole nitrogens is 1. The number of amides is 1. The topological polar surface area (TPSA) is 65.4 Å². The van der Waals surface area contributed by atoms with Crippen molar-refractivity contribution >= 4 is 22.5 Å². The molecule has 0 radical (unpaired) electrons. The number of aromatic amines is 1. The number of nitrogens with one attached hydrogen (secondary N) is 1. The number of carbonyl (C=O) groups is 1. The average Bonchev–Trinajstić information content (AvgIpc) is 2.89. The molecule has 1 aliphatic rings. The van der Waals surface area contributed by atoms with Gasteiger partial charge in [0.15, 0.2) is 0 Å². The minimum Gasteiger partial charge on any atom is -0.399 e. The second kappa shape index (κ2) is 5.41. The third kappa shape index (κ3) is 2.74. The molecule has 5 heteroatoms. The van der Waals surface area contributed by atoms with Crippen molar-refractivity contribution < 1.29 is 4.79 Å².